The highest BCUT2D eigenvalue weighted by atomic mass is 16.4. The van der Waals surface area contributed by atoms with E-state index in [-0.39, 0.29) is 17.8 Å². The highest BCUT2D eigenvalue weighted by molar-refractivity contribution is 5.96. The molecule has 110 valence electrons. The fraction of sp³-hybridized carbons (Fsp3) is 0.429. The largest absolute Gasteiger partial charge is 0.508 e. The predicted octanol–water partition coefficient (Wildman–Crippen LogP) is 2.13. The molecule has 0 fully saturated rings. The van der Waals surface area contributed by atoms with Gasteiger partial charge in [-0.05, 0) is 37.6 Å². The monoisotopic (exact) mass is 280 g/mol. The Bertz CT molecular complexity index is 473. The number of carbonyl (C=O) groups excluding carboxylic acids is 1. The maximum absolute atomic E-state index is 12.4. The molecule has 0 spiro atoms. The zero-order valence-corrected chi connectivity index (χ0v) is 11.9. The molecular weight excluding hydrogens is 260 g/mol. The number of carbonyl (C=O) groups is 2. The van der Waals surface area contributed by atoms with E-state index in [1.807, 2.05) is 13.8 Å². The lowest BCUT2D eigenvalue weighted by Crippen LogP contribution is -2.47. The summed E-state index contributed by atoms with van der Waals surface area (Å²) in [4.78, 5) is 26.0. The number of hydrogen-bond acceptors (Lipinski definition) is 3. The highest BCUT2D eigenvalue weighted by Gasteiger charge is 2.24. The van der Waals surface area contributed by atoms with Crippen molar-refractivity contribution in [3.63, 3.8) is 0 Å². The van der Waals surface area contributed by atoms with Crippen molar-refractivity contribution in [2.45, 2.75) is 26.3 Å². The summed E-state index contributed by atoms with van der Waals surface area (Å²) >= 11 is 0. The first kappa shape index (κ1) is 15.8. The average molecular weight is 280 g/mol. The van der Waals surface area contributed by atoms with Crippen molar-refractivity contribution in [2.75, 3.05) is 18.5 Å². The summed E-state index contributed by atoms with van der Waals surface area (Å²) in [6, 6.07) is 5.49. The average Bonchev–Trinajstić information content (AvgIpc) is 2.43. The molecule has 6 heteroatoms. The lowest BCUT2D eigenvalue weighted by Gasteiger charge is -2.30. The molecule has 1 aromatic rings. The number of carboxylic acids is 1. The number of phenols is 1. The lowest BCUT2D eigenvalue weighted by atomic mass is 10.2. The number of rotatable bonds is 5. The molecule has 0 aliphatic heterocycles. The van der Waals surface area contributed by atoms with E-state index in [1.165, 1.54) is 34.1 Å². The number of benzene rings is 1. The molecule has 0 aromatic heterocycles. The minimum absolute atomic E-state index is 0.0101. The van der Waals surface area contributed by atoms with Gasteiger partial charge in [0.2, 0.25) is 0 Å². The van der Waals surface area contributed by atoms with Crippen molar-refractivity contribution in [2.24, 2.45) is 0 Å². The van der Waals surface area contributed by atoms with Crippen molar-refractivity contribution >= 4 is 17.7 Å². The van der Waals surface area contributed by atoms with E-state index in [1.54, 1.807) is 7.05 Å². The Hall–Kier alpha value is -2.24. The van der Waals surface area contributed by atoms with Gasteiger partial charge in [-0.15, -0.1) is 0 Å². The molecule has 2 N–H and O–H groups in total. The fourth-order valence-corrected chi connectivity index (χ4v) is 1.69. The number of nitrogens with zero attached hydrogens (tertiary/aromatic N) is 2. The van der Waals surface area contributed by atoms with E-state index < -0.39 is 12.5 Å². The van der Waals surface area contributed by atoms with E-state index in [2.05, 4.69) is 0 Å². The number of anilines is 1. The first-order valence-corrected chi connectivity index (χ1v) is 6.42. The summed E-state index contributed by atoms with van der Waals surface area (Å²) in [6.45, 7) is 3.43. The summed E-state index contributed by atoms with van der Waals surface area (Å²) in [5, 5.41) is 18.2. The third-order valence-corrected chi connectivity index (χ3v) is 3.24. The third-order valence-electron chi connectivity index (χ3n) is 3.24. The minimum atomic E-state index is -1.09. The van der Waals surface area contributed by atoms with Crippen LogP contribution in [-0.4, -0.2) is 46.7 Å². The second-order valence-corrected chi connectivity index (χ2v) is 4.65. The van der Waals surface area contributed by atoms with Crippen LogP contribution in [0.5, 0.6) is 5.75 Å². The predicted molar refractivity (Wildman–Crippen MR) is 76.0 cm³/mol. The van der Waals surface area contributed by atoms with Gasteiger partial charge < -0.3 is 15.1 Å². The molecule has 0 aliphatic carbocycles. The van der Waals surface area contributed by atoms with Crippen LogP contribution in [0.15, 0.2) is 24.3 Å². The molecule has 1 aromatic carbocycles. The lowest BCUT2D eigenvalue weighted by molar-refractivity contribution is -0.135. The first-order chi connectivity index (χ1) is 9.36. The Morgan fingerprint density at radius 1 is 1.25 bits per heavy atom. The zero-order chi connectivity index (χ0) is 15.3. The molecule has 0 aliphatic rings. The number of carboxylic acid groups (broad SMARTS) is 1. The van der Waals surface area contributed by atoms with Crippen molar-refractivity contribution in [3.05, 3.63) is 24.3 Å². The second-order valence-electron chi connectivity index (χ2n) is 4.65. The second kappa shape index (κ2) is 6.79. The van der Waals surface area contributed by atoms with Crippen LogP contribution in [0, 0.1) is 0 Å². The molecule has 0 heterocycles. The van der Waals surface area contributed by atoms with Gasteiger partial charge in [0.05, 0.1) is 0 Å². The summed E-state index contributed by atoms with van der Waals surface area (Å²) < 4.78 is 0. The van der Waals surface area contributed by atoms with Crippen LogP contribution < -0.4 is 4.90 Å². The van der Waals surface area contributed by atoms with E-state index in [0.717, 1.165) is 6.42 Å². The number of hydrogen-bond donors (Lipinski definition) is 2. The Labute approximate surface area is 118 Å². The molecule has 0 saturated carbocycles. The van der Waals surface area contributed by atoms with Gasteiger partial charge in [0.25, 0.3) is 0 Å². The molecule has 1 unspecified atom stereocenters. The minimum Gasteiger partial charge on any atom is -0.508 e. The SMILES string of the molecule is CCC(C)N(C)C(=O)N(CC(=O)O)c1ccc(O)cc1. The van der Waals surface area contributed by atoms with Crippen LogP contribution in [0.1, 0.15) is 20.3 Å². The van der Waals surface area contributed by atoms with Crippen LogP contribution in [0.4, 0.5) is 10.5 Å². The van der Waals surface area contributed by atoms with Crippen LogP contribution in [0.2, 0.25) is 0 Å². The highest BCUT2D eigenvalue weighted by Crippen LogP contribution is 2.20. The number of urea groups is 1. The van der Waals surface area contributed by atoms with Gasteiger partial charge in [-0.2, -0.15) is 0 Å². The molecule has 2 amide bonds. The van der Waals surface area contributed by atoms with Crippen molar-refractivity contribution in [1.82, 2.24) is 4.90 Å². The molecule has 0 radical (unpaired) electrons. The normalized spacial score (nSPS) is 11.8. The number of phenolic OH excluding ortho intramolecular Hbond substituents is 1. The molecular formula is C14H20N2O4. The number of aliphatic carboxylic acids is 1. The summed E-state index contributed by atoms with van der Waals surface area (Å²) in [5.41, 5.74) is 0.436. The molecule has 0 bridgehead atoms. The number of aromatic hydroxyl groups is 1. The maximum atomic E-state index is 12.4. The smallest absolute Gasteiger partial charge is 0.325 e. The molecule has 20 heavy (non-hydrogen) atoms. The quantitative estimate of drug-likeness (QED) is 0.865. The molecule has 0 saturated heterocycles. The van der Waals surface area contributed by atoms with Crippen molar-refractivity contribution in [3.8, 4) is 5.75 Å². The first-order valence-electron chi connectivity index (χ1n) is 6.42. The van der Waals surface area contributed by atoms with Crippen LogP contribution in [0.25, 0.3) is 0 Å². The van der Waals surface area contributed by atoms with Gasteiger partial charge >= 0.3 is 12.0 Å². The summed E-state index contributed by atoms with van der Waals surface area (Å²) in [5.74, 6) is -1.03. The van der Waals surface area contributed by atoms with E-state index in [0.29, 0.717) is 5.69 Å². The molecule has 6 nitrogen and oxygen atoms in total. The van der Waals surface area contributed by atoms with Crippen LogP contribution in [-0.2, 0) is 4.79 Å². The Morgan fingerprint density at radius 3 is 2.25 bits per heavy atom. The van der Waals surface area contributed by atoms with Crippen molar-refractivity contribution in [1.29, 1.82) is 0 Å². The van der Waals surface area contributed by atoms with Gasteiger partial charge in [0.15, 0.2) is 0 Å². The number of amides is 2. The summed E-state index contributed by atoms with van der Waals surface area (Å²) in [6.07, 6.45) is 0.777. The van der Waals surface area contributed by atoms with Gasteiger partial charge in [-0.25, -0.2) is 4.79 Å². The van der Waals surface area contributed by atoms with Gasteiger partial charge in [0.1, 0.15) is 12.3 Å². The standard InChI is InChI=1S/C14H20N2O4/c1-4-10(2)15(3)14(20)16(9-13(18)19)11-5-7-12(17)8-6-11/h5-8,10,17H,4,9H2,1-3H3,(H,18,19). The molecule has 1 rings (SSSR count). The maximum Gasteiger partial charge on any atom is 0.325 e. The van der Waals surface area contributed by atoms with Crippen LogP contribution in [0.3, 0.4) is 0 Å². The third kappa shape index (κ3) is 3.88. The van der Waals surface area contributed by atoms with Crippen LogP contribution >= 0.6 is 0 Å². The van der Waals surface area contributed by atoms with E-state index >= 15 is 0 Å². The topological polar surface area (TPSA) is 81.1 Å². The fourth-order valence-electron chi connectivity index (χ4n) is 1.69. The summed E-state index contributed by atoms with van der Waals surface area (Å²) in [7, 11) is 1.64. The zero-order valence-electron chi connectivity index (χ0n) is 11.9. The Balaban J connectivity index is 3.03. The van der Waals surface area contributed by atoms with E-state index in [4.69, 9.17) is 5.11 Å². The van der Waals surface area contributed by atoms with Gasteiger partial charge in [-0.1, -0.05) is 6.92 Å². The van der Waals surface area contributed by atoms with Crippen molar-refractivity contribution < 1.29 is 19.8 Å². The van der Waals surface area contributed by atoms with Gasteiger partial charge in [-0.3, -0.25) is 9.69 Å². The molecule has 1 atom stereocenters. The van der Waals surface area contributed by atoms with Gasteiger partial charge in [0, 0.05) is 18.8 Å². The Morgan fingerprint density at radius 2 is 1.80 bits per heavy atom. The van der Waals surface area contributed by atoms with E-state index in [9.17, 15) is 14.7 Å². The Kier molecular flexibility index (Phi) is 5.37.